The molecule has 278 valence electrons. The van der Waals surface area contributed by atoms with Crippen LogP contribution in [0.4, 0.5) is 4.79 Å². The number of carbonyl (C=O) groups excluding carboxylic acids is 4. The van der Waals surface area contributed by atoms with Crippen molar-refractivity contribution in [1.82, 2.24) is 30.6 Å². The largest absolute Gasteiger partial charge is 0.497 e. The fourth-order valence-corrected chi connectivity index (χ4v) is 7.63. The van der Waals surface area contributed by atoms with Gasteiger partial charge in [0, 0.05) is 29.5 Å². The van der Waals surface area contributed by atoms with Gasteiger partial charge in [0.1, 0.15) is 29.5 Å². The first-order chi connectivity index (χ1) is 23.6. The normalized spacial score (nSPS) is 24.5. The van der Waals surface area contributed by atoms with Crippen LogP contribution in [-0.4, -0.2) is 89.7 Å². The second kappa shape index (κ2) is 13.3. The van der Waals surface area contributed by atoms with Crippen LogP contribution >= 0.6 is 0 Å². The van der Waals surface area contributed by atoms with E-state index in [0.29, 0.717) is 29.9 Å². The maximum Gasteiger partial charge on any atom is 0.315 e. The molecular weight excluding hydrogens is 676 g/mol. The van der Waals surface area contributed by atoms with Crippen LogP contribution in [0.5, 0.6) is 11.6 Å². The molecule has 0 spiro atoms. The van der Waals surface area contributed by atoms with Gasteiger partial charge in [0.2, 0.25) is 27.7 Å². The minimum Gasteiger partial charge on any atom is -0.497 e. The minimum atomic E-state index is -3.99. The maximum absolute atomic E-state index is 14.5. The lowest BCUT2D eigenvalue weighted by molar-refractivity contribution is -0.142. The summed E-state index contributed by atoms with van der Waals surface area (Å²) in [5, 5.41) is 9.94. The van der Waals surface area contributed by atoms with Gasteiger partial charge in [-0.25, -0.2) is 18.2 Å². The van der Waals surface area contributed by atoms with Crippen LogP contribution in [0.3, 0.4) is 0 Å². The average Bonchev–Trinajstić information content (AvgIpc) is 3.92. The third-order valence-electron chi connectivity index (χ3n) is 9.82. The zero-order valence-corrected chi connectivity index (χ0v) is 31.4. The second-order valence-corrected chi connectivity index (χ2v) is 18.4. The molecule has 2 saturated carbocycles. The summed E-state index contributed by atoms with van der Waals surface area (Å²) in [6, 6.07) is 4.50. The molecule has 0 bridgehead atoms. The molecule has 3 fully saturated rings. The van der Waals surface area contributed by atoms with Crippen LogP contribution in [-0.2, 0) is 24.4 Å². The molecule has 3 aliphatic rings. The van der Waals surface area contributed by atoms with Crippen molar-refractivity contribution in [2.75, 3.05) is 13.7 Å². The van der Waals surface area contributed by atoms with Gasteiger partial charge in [0.15, 0.2) is 0 Å². The molecule has 51 heavy (non-hydrogen) atoms. The highest BCUT2D eigenvalue weighted by Gasteiger charge is 2.63. The number of methoxy groups -OCH3 is 1. The minimum absolute atomic E-state index is 0.0306. The Labute approximate surface area is 299 Å². The topological polar surface area (TPSA) is 185 Å². The number of carbonyl (C=O) groups is 4. The van der Waals surface area contributed by atoms with Crippen LogP contribution in [0.2, 0.25) is 0 Å². The van der Waals surface area contributed by atoms with E-state index in [1.165, 1.54) is 11.0 Å². The molecule has 1 aromatic heterocycles. The molecular formula is C36H50N6O8S. The van der Waals surface area contributed by atoms with Gasteiger partial charge in [0.25, 0.3) is 5.91 Å². The van der Waals surface area contributed by atoms with Gasteiger partial charge in [-0.1, -0.05) is 26.8 Å². The number of hydrogen-bond acceptors (Lipinski definition) is 9. The average molecular weight is 727 g/mol. The summed E-state index contributed by atoms with van der Waals surface area (Å²) in [4.78, 5) is 61.1. The van der Waals surface area contributed by atoms with E-state index in [1.54, 1.807) is 47.1 Å². The molecule has 0 unspecified atom stereocenters. The number of benzene rings is 1. The second-order valence-electron chi connectivity index (χ2n) is 16.2. The number of pyridine rings is 1. The first kappa shape index (κ1) is 37.8. The van der Waals surface area contributed by atoms with E-state index in [1.807, 2.05) is 39.0 Å². The van der Waals surface area contributed by atoms with Gasteiger partial charge in [0.05, 0.1) is 18.4 Å². The monoisotopic (exact) mass is 726 g/mol. The zero-order chi connectivity index (χ0) is 37.7. The van der Waals surface area contributed by atoms with Crippen LogP contribution in [0.25, 0.3) is 10.8 Å². The number of hydrogen-bond donors (Lipinski definition) is 4. The van der Waals surface area contributed by atoms with Crippen molar-refractivity contribution in [3.63, 3.8) is 0 Å². The Morgan fingerprint density at radius 1 is 1.10 bits per heavy atom. The molecule has 15 heteroatoms. The molecule has 1 aliphatic heterocycles. The first-order valence-corrected chi connectivity index (χ1v) is 18.6. The summed E-state index contributed by atoms with van der Waals surface area (Å²) in [6.07, 6.45) is 3.42. The van der Waals surface area contributed by atoms with Crippen LogP contribution in [0, 0.1) is 11.3 Å². The van der Waals surface area contributed by atoms with Gasteiger partial charge in [-0.2, -0.15) is 0 Å². The zero-order valence-electron chi connectivity index (χ0n) is 30.6. The van der Waals surface area contributed by atoms with Crippen molar-refractivity contribution >= 4 is 44.5 Å². The van der Waals surface area contributed by atoms with E-state index in [2.05, 4.69) is 32.2 Å². The third kappa shape index (κ3) is 7.92. The Balaban J connectivity index is 1.45. The van der Waals surface area contributed by atoms with E-state index < -0.39 is 79.1 Å². The maximum atomic E-state index is 14.5. The Hall–Kier alpha value is -4.40. The van der Waals surface area contributed by atoms with E-state index in [9.17, 15) is 27.6 Å². The number of likely N-dealkylation sites (tertiary alicyclic amines) is 1. The molecule has 2 aromatic rings. The summed E-state index contributed by atoms with van der Waals surface area (Å²) < 4.78 is 38.8. The number of fused-ring (bicyclic) bond motifs is 1. The molecule has 14 nitrogen and oxygen atoms in total. The highest BCUT2D eigenvalue weighted by Crippen LogP contribution is 2.47. The van der Waals surface area contributed by atoms with Crippen molar-refractivity contribution in [2.24, 2.45) is 11.3 Å². The van der Waals surface area contributed by atoms with Gasteiger partial charge >= 0.3 is 6.03 Å². The number of amides is 5. The Bertz CT molecular complexity index is 1850. The Kier molecular flexibility index (Phi) is 9.87. The summed E-state index contributed by atoms with van der Waals surface area (Å²) >= 11 is 0. The van der Waals surface area contributed by atoms with Gasteiger partial charge < -0.3 is 30.3 Å². The molecule has 5 rings (SSSR count). The molecule has 1 saturated heterocycles. The van der Waals surface area contributed by atoms with Crippen molar-refractivity contribution < 1.29 is 37.1 Å². The quantitative estimate of drug-likeness (QED) is 0.253. The van der Waals surface area contributed by atoms with Gasteiger partial charge in [-0.3, -0.25) is 19.1 Å². The Morgan fingerprint density at radius 3 is 2.35 bits per heavy atom. The van der Waals surface area contributed by atoms with Crippen LogP contribution < -0.4 is 30.1 Å². The first-order valence-electron chi connectivity index (χ1n) is 17.1. The number of sulfonamides is 1. The standard InChI is InChI=1S/C36H50N6O8S/c1-10-22-19-36(22,31(45)41-51(47,48)35(8)14-15-35)39-28(43)26-18-24(50-29-25-12-11-23(49-9)17-21(25)13-16-37-29)20-42(26)30(44)27(33(2,3)4)38-32(46)40-34(5,6)7/h10-13,16-17,22,24,26-27H,1,14-15,18-20H2,2-9H3,(H,39,43)(H,41,45)(H2,38,40,46)/t22-,24-,26+,27-,36-/m1/s1. The lowest BCUT2D eigenvalue weighted by Crippen LogP contribution is -2.61. The van der Waals surface area contributed by atoms with Crippen molar-refractivity contribution in [3.8, 4) is 11.6 Å². The van der Waals surface area contributed by atoms with Gasteiger partial charge in [-0.15, -0.1) is 6.58 Å². The summed E-state index contributed by atoms with van der Waals surface area (Å²) in [5.41, 5.74) is -2.91. The lowest BCUT2D eigenvalue weighted by Gasteiger charge is -2.36. The summed E-state index contributed by atoms with van der Waals surface area (Å²) in [6.45, 7) is 16.2. The van der Waals surface area contributed by atoms with Crippen LogP contribution in [0.15, 0.2) is 43.1 Å². The summed E-state index contributed by atoms with van der Waals surface area (Å²) in [5.74, 6) is -1.60. The number of nitrogens with one attached hydrogen (secondary N) is 4. The molecule has 2 aliphatic carbocycles. The fraction of sp³-hybridized carbons (Fsp3) is 0.583. The van der Waals surface area contributed by atoms with Crippen molar-refractivity contribution in [1.29, 1.82) is 0 Å². The number of rotatable bonds is 11. The predicted octanol–water partition coefficient (Wildman–Crippen LogP) is 3.16. The molecule has 5 amide bonds. The number of ether oxygens (including phenoxy) is 2. The molecule has 1 aromatic carbocycles. The van der Waals surface area contributed by atoms with E-state index >= 15 is 0 Å². The lowest BCUT2D eigenvalue weighted by atomic mass is 9.85. The smallest absolute Gasteiger partial charge is 0.315 e. The number of urea groups is 1. The Morgan fingerprint density at radius 2 is 1.78 bits per heavy atom. The van der Waals surface area contributed by atoms with E-state index in [0.717, 1.165) is 5.39 Å². The van der Waals surface area contributed by atoms with Crippen molar-refractivity contribution in [2.45, 2.75) is 108 Å². The van der Waals surface area contributed by atoms with E-state index in [-0.39, 0.29) is 19.4 Å². The highest BCUT2D eigenvalue weighted by atomic mass is 32.2. The third-order valence-corrected chi connectivity index (χ3v) is 12.0. The number of aromatic nitrogens is 1. The fourth-order valence-electron chi connectivity index (χ4n) is 6.32. The van der Waals surface area contributed by atoms with E-state index in [4.69, 9.17) is 9.47 Å². The van der Waals surface area contributed by atoms with Crippen LogP contribution in [0.1, 0.15) is 74.1 Å². The predicted molar refractivity (Wildman–Crippen MR) is 191 cm³/mol. The molecule has 4 N–H and O–H groups in total. The SMILES string of the molecule is C=C[C@@H]1C[C@]1(NC(=O)[C@@H]1C[C@@H](Oc2nccc3cc(OC)ccc23)CN1C(=O)[C@@H](NC(=O)NC(C)(C)C)C(C)(C)C)C(=O)NS(=O)(=O)C1(C)CC1. The summed E-state index contributed by atoms with van der Waals surface area (Å²) in [7, 11) is -2.42. The molecule has 5 atom stereocenters. The molecule has 2 heterocycles. The molecule has 0 radical (unpaired) electrons. The van der Waals surface area contributed by atoms with Gasteiger partial charge in [-0.05, 0) is 82.0 Å². The van der Waals surface area contributed by atoms with Crippen molar-refractivity contribution in [3.05, 3.63) is 43.1 Å². The number of nitrogens with zero attached hydrogens (tertiary/aromatic N) is 2. The highest BCUT2D eigenvalue weighted by molar-refractivity contribution is 7.91.